The molecule has 2 saturated heterocycles. The highest BCUT2D eigenvalue weighted by Crippen LogP contribution is 2.39. The van der Waals surface area contributed by atoms with Crippen LogP contribution in [-0.2, 0) is 14.3 Å². The van der Waals surface area contributed by atoms with E-state index in [2.05, 4.69) is 19.9 Å². The molecule has 1 amide bonds. The molecule has 4 heterocycles. The molecule has 32 heavy (non-hydrogen) atoms. The van der Waals surface area contributed by atoms with Gasteiger partial charge in [0.25, 0.3) is 11.7 Å². The van der Waals surface area contributed by atoms with Crippen LogP contribution in [-0.4, -0.2) is 80.9 Å². The van der Waals surface area contributed by atoms with Crippen LogP contribution in [0.4, 0.5) is 0 Å². The predicted molar refractivity (Wildman–Crippen MR) is 117 cm³/mol. The van der Waals surface area contributed by atoms with E-state index in [0.29, 0.717) is 43.3 Å². The summed E-state index contributed by atoms with van der Waals surface area (Å²) in [5.41, 5.74) is 1.67. The molecule has 2 aliphatic heterocycles. The lowest BCUT2D eigenvalue weighted by Crippen LogP contribution is -2.38. The molecule has 1 N–H and O–H groups in total. The van der Waals surface area contributed by atoms with Gasteiger partial charge in [-0.1, -0.05) is 0 Å². The van der Waals surface area contributed by atoms with Crippen LogP contribution in [0, 0.1) is 13.8 Å². The maximum atomic E-state index is 13.1. The first-order chi connectivity index (χ1) is 15.5. The van der Waals surface area contributed by atoms with Gasteiger partial charge in [0, 0.05) is 44.8 Å². The van der Waals surface area contributed by atoms with E-state index in [9.17, 15) is 14.7 Å². The molecule has 0 unspecified atom stereocenters. The van der Waals surface area contributed by atoms with Crippen LogP contribution in [0.3, 0.4) is 0 Å². The minimum Gasteiger partial charge on any atom is -0.507 e. The lowest BCUT2D eigenvalue weighted by Gasteiger charge is -2.29. The average molecular weight is 438 g/mol. The van der Waals surface area contributed by atoms with Crippen molar-refractivity contribution in [1.82, 2.24) is 24.8 Å². The van der Waals surface area contributed by atoms with Gasteiger partial charge in [-0.25, -0.2) is 9.97 Å². The Balaban J connectivity index is 1.67. The van der Waals surface area contributed by atoms with Crippen molar-refractivity contribution in [3.8, 4) is 0 Å². The number of likely N-dealkylation sites (tertiary alicyclic amines) is 1. The highest BCUT2D eigenvalue weighted by molar-refractivity contribution is 6.46. The number of morpholine rings is 1. The zero-order valence-electron chi connectivity index (χ0n) is 18.3. The number of carbonyl (C=O) groups is 2. The second kappa shape index (κ2) is 9.54. The normalized spacial score (nSPS) is 21.3. The Morgan fingerprint density at radius 1 is 1.16 bits per heavy atom. The number of hydrogen-bond donors (Lipinski definition) is 1. The summed E-state index contributed by atoms with van der Waals surface area (Å²) < 4.78 is 5.38. The third-order valence-electron chi connectivity index (χ3n) is 5.89. The zero-order valence-corrected chi connectivity index (χ0v) is 18.3. The number of aliphatic hydroxyl groups is 1. The Hall–Kier alpha value is -3.17. The number of rotatable bonds is 6. The Kier molecular flexibility index (Phi) is 6.57. The number of aromatic nitrogens is 3. The van der Waals surface area contributed by atoms with Crippen LogP contribution < -0.4 is 0 Å². The van der Waals surface area contributed by atoms with Gasteiger partial charge < -0.3 is 14.7 Å². The summed E-state index contributed by atoms with van der Waals surface area (Å²) in [6, 6.07) is 2.83. The van der Waals surface area contributed by atoms with E-state index < -0.39 is 17.7 Å². The predicted octanol–water partition coefficient (Wildman–Crippen LogP) is 1.63. The maximum Gasteiger partial charge on any atom is 0.295 e. The van der Waals surface area contributed by atoms with Crippen molar-refractivity contribution in [2.75, 3.05) is 39.4 Å². The van der Waals surface area contributed by atoms with Crippen LogP contribution in [0.15, 0.2) is 36.3 Å². The summed E-state index contributed by atoms with van der Waals surface area (Å²) in [6.07, 6.45) is 5.43. The number of aryl methyl sites for hydroxylation is 2. The molecule has 0 aliphatic carbocycles. The summed E-state index contributed by atoms with van der Waals surface area (Å²) in [6.45, 7) is 7.83. The van der Waals surface area contributed by atoms with E-state index in [1.807, 2.05) is 0 Å². The Morgan fingerprint density at radius 2 is 1.88 bits per heavy atom. The number of Topliss-reactive ketones (excluding diaryl/α,β-unsaturated/α-hetero) is 1. The minimum absolute atomic E-state index is 0.0584. The molecule has 0 aromatic carbocycles. The number of ketones is 1. The molecule has 0 saturated carbocycles. The molecule has 0 spiro atoms. The lowest BCUT2D eigenvalue weighted by atomic mass is 9.96. The van der Waals surface area contributed by atoms with E-state index in [1.54, 1.807) is 43.3 Å². The molecule has 2 aliphatic rings. The summed E-state index contributed by atoms with van der Waals surface area (Å²) in [7, 11) is 0. The minimum atomic E-state index is -0.698. The van der Waals surface area contributed by atoms with E-state index in [-0.39, 0.29) is 11.3 Å². The van der Waals surface area contributed by atoms with E-state index in [1.165, 1.54) is 6.20 Å². The monoisotopic (exact) mass is 437 g/mol. The van der Waals surface area contributed by atoms with Crippen molar-refractivity contribution >= 4 is 17.4 Å². The molecule has 2 aromatic rings. The van der Waals surface area contributed by atoms with Crippen molar-refractivity contribution in [3.05, 3.63) is 58.9 Å². The highest BCUT2D eigenvalue weighted by Gasteiger charge is 2.46. The average Bonchev–Trinajstić information content (AvgIpc) is 3.05. The van der Waals surface area contributed by atoms with Gasteiger partial charge in [-0.15, -0.1) is 0 Å². The van der Waals surface area contributed by atoms with E-state index in [4.69, 9.17) is 4.74 Å². The molecule has 1 atom stereocenters. The van der Waals surface area contributed by atoms with E-state index >= 15 is 0 Å². The molecule has 2 aromatic heterocycles. The fraction of sp³-hybridized carbons (Fsp3) is 0.435. The number of aliphatic hydroxyl groups excluding tert-OH is 1. The molecule has 2 fully saturated rings. The fourth-order valence-corrected chi connectivity index (χ4v) is 4.25. The second-order valence-electron chi connectivity index (χ2n) is 8.00. The van der Waals surface area contributed by atoms with Gasteiger partial charge in [0.1, 0.15) is 11.6 Å². The van der Waals surface area contributed by atoms with Gasteiger partial charge in [-0.2, -0.15) is 0 Å². The second-order valence-corrected chi connectivity index (χ2v) is 8.00. The molecular weight excluding hydrogens is 410 g/mol. The van der Waals surface area contributed by atoms with Crippen LogP contribution in [0.1, 0.15) is 35.1 Å². The van der Waals surface area contributed by atoms with Crippen LogP contribution in [0.5, 0.6) is 0 Å². The van der Waals surface area contributed by atoms with Gasteiger partial charge in [0.2, 0.25) is 0 Å². The number of ether oxygens (including phenoxy) is 1. The van der Waals surface area contributed by atoms with Crippen LogP contribution in [0.2, 0.25) is 0 Å². The quantitative estimate of drug-likeness (QED) is 0.413. The smallest absolute Gasteiger partial charge is 0.295 e. The van der Waals surface area contributed by atoms with Gasteiger partial charge in [0.05, 0.1) is 36.1 Å². The molecule has 168 valence electrons. The molecule has 4 rings (SSSR count). The maximum absolute atomic E-state index is 13.1. The van der Waals surface area contributed by atoms with Crippen molar-refractivity contribution in [3.63, 3.8) is 0 Å². The molecule has 9 heteroatoms. The third kappa shape index (κ3) is 4.39. The Labute approximate surface area is 186 Å². The Morgan fingerprint density at radius 3 is 2.56 bits per heavy atom. The van der Waals surface area contributed by atoms with E-state index in [0.717, 1.165) is 25.2 Å². The number of pyridine rings is 1. The third-order valence-corrected chi connectivity index (χ3v) is 5.89. The fourth-order valence-electron chi connectivity index (χ4n) is 4.25. The standard InChI is InChI=1S/C23H27N5O4/c1-15-18(14-25-16(2)26-15)21(29)19-20(17-4-6-24-7-5-17)28(23(31)22(19)30)9-3-8-27-10-12-32-13-11-27/h4-7,14,20,29H,3,8-13H2,1-2H3/b21-19+/t20-/m1/s1. The summed E-state index contributed by atoms with van der Waals surface area (Å²) in [4.78, 5) is 42.4. The van der Waals surface area contributed by atoms with Crippen molar-refractivity contribution in [1.29, 1.82) is 0 Å². The van der Waals surface area contributed by atoms with Crippen LogP contribution >= 0.6 is 0 Å². The summed E-state index contributed by atoms with van der Waals surface area (Å²) in [5, 5.41) is 11.1. The number of nitrogens with zero attached hydrogens (tertiary/aromatic N) is 5. The van der Waals surface area contributed by atoms with Crippen molar-refractivity contribution < 1.29 is 19.4 Å². The summed E-state index contributed by atoms with van der Waals surface area (Å²) in [5.74, 6) is -0.997. The number of amides is 1. The van der Waals surface area contributed by atoms with Crippen molar-refractivity contribution in [2.24, 2.45) is 0 Å². The van der Waals surface area contributed by atoms with Crippen LogP contribution in [0.25, 0.3) is 5.76 Å². The van der Waals surface area contributed by atoms with Crippen molar-refractivity contribution in [2.45, 2.75) is 26.3 Å². The topological polar surface area (TPSA) is 109 Å². The van der Waals surface area contributed by atoms with Gasteiger partial charge >= 0.3 is 0 Å². The SMILES string of the molecule is Cc1ncc(/C(O)=C2\C(=O)C(=O)N(CCCN3CCOCC3)[C@@H]2c2ccncc2)c(C)n1. The lowest BCUT2D eigenvalue weighted by molar-refractivity contribution is -0.140. The first kappa shape index (κ1) is 22.0. The number of carbonyl (C=O) groups excluding carboxylic acids is 2. The largest absolute Gasteiger partial charge is 0.507 e. The first-order valence-corrected chi connectivity index (χ1v) is 10.8. The Bertz CT molecular complexity index is 1030. The molecule has 0 radical (unpaired) electrons. The molecule has 9 nitrogen and oxygen atoms in total. The molecular formula is C23H27N5O4. The summed E-state index contributed by atoms with van der Waals surface area (Å²) >= 11 is 0. The molecule has 0 bridgehead atoms. The van der Waals surface area contributed by atoms with Gasteiger partial charge in [0.15, 0.2) is 0 Å². The number of hydrogen-bond acceptors (Lipinski definition) is 8. The highest BCUT2D eigenvalue weighted by atomic mass is 16.5. The zero-order chi connectivity index (χ0) is 22.7. The van der Waals surface area contributed by atoms with Gasteiger partial charge in [-0.3, -0.25) is 19.5 Å². The van der Waals surface area contributed by atoms with Gasteiger partial charge in [-0.05, 0) is 38.0 Å². The first-order valence-electron chi connectivity index (χ1n) is 10.8.